The summed E-state index contributed by atoms with van der Waals surface area (Å²) in [5.41, 5.74) is 2.75. The number of hydrogen-bond acceptors (Lipinski definition) is 2. The van der Waals surface area contributed by atoms with Crippen molar-refractivity contribution in [3.8, 4) is 0 Å². The third-order valence-corrected chi connectivity index (χ3v) is 4.62. The van der Waals surface area contributed by atoms with Gasteiger partial charge in [0, 0.05) is 48.2 Å². The summed E-state index contributed by atoms with van der Waals surface area (Å²) in [6, 6.07) is 6.59. The largest absolute Gasteiger partial charge is 0.369 e. The molecule has 0 radical (unpaired) electrons. The predicted octanol–water partition coefficient (Wildman–Crippen LogP) is 4.12. The maximum atomic E-state index is 3.60. The summed E-state index contributed by atoms with van der Waals surface area (Å²) in [7, 11) is 0. The summed E-state index contributed by atoms with van der Waals surface area (Å²) in [5, 5.41) is 0.911. The molecule has 0 spiro atoms. The van der Waals surface area contributed by atoms with Gasteiger partial charge in [0.25, 0.3) is 0 Å². The first-order valence-electron chi connectivity index (χ1n) is 6.92. The molecule has 0 unspecified atom stereocenters. The number of rotatable bonds is 4. The molecule has 19 heavy (non-hydrogen) atoms. The Morgan fingerprint density at radius 1 is 1.16 bits per heavy atom. The summed E-state index contributed by atoms with van der Waals surface area (Å²) in [6.45, 7) is 10.4. The van der Waals surface area contributed by atoms with Gasteiger partial charge in [-0.2, -0.15) is 0 Å². The normalized spacial score (nSPS) is 17.2. The molecule has 0 amide bonds. The summed E-state index contributed by atoms with van der Waals surface area (Å²) < 4.78 is 1.16. The maximum Gasteiger partial charge on any atom is 0.0409 e. The van der Waals surface area contributed by atoms with E-state index in [4.69, 9.17) is 0 Å². The summed E-state index contributed by atoms with van der Waals surface area (Å²) in [6.07, 6.45) is 0. The van der Waals surface area contributed by atoms with Crippen molar-refractivity contribution in [1.29, 1.82) is 0 Å². The second-order valence-electron chi connectivity index (χ2n) is 5.59. The Hall–Kier alpha value is -0.0600. The highest BCUT2D eigenvalue weighted by Crippen LogP contribution is 2.27. The summed E-state index contributed by atoms with van der Waals surface area (Å²) in [4.78, 5) is 5.09. The number of hydrogen-bond donors (Lipinski definition) is 0. The molecule has 1 saturated heterocycles. The van der Waals surface area contributed by atoms with Gasteiger partial charge in [-0.05, 0) is 29.7 Å². The van der Waals surface area contributed by atoms with Gasteiger partial charge < -0.3 is 4.90 Å². The van der Waals surface area contributed by atoms with Crippen LogP contribution in [0.4, 0.5) is 5.69 Å². The van der Waals surface area contributed by atoms with E-state index in [0.717, 1.165) is 28.8 Å². The van der Waals surface area contributed by atoms with Gasteiger partial charge in [-0.15, -0.1) is 0 Å². The molecule has 106 valence electrons. The number of alkyl halides is 1. The van der Waals surface area contributed by atoms with E-state index in [1.807, 2.05) is 0 Å². The lowest BCUT2D eigenvalue weighted by Gasteiger charge is -2.37. The Morgan fingerprint density at radius 2 is 1.84 bits per heavy atom. The van der Waals surface area contributed by atoms with Crippen molar-refractivity contribution >= 4 is 37.5 Å². The van der Waals surface area contributed by atoms with Crippen LogP contribution in [0.2, 0.25) is 0 Å². The zero-order chi connectivity index (χ0) is 13.8. The van der Waals surface area contributed by atoms with Crippen LogP contribution < -0.4 is 4.90 Å². The lowest BCUT2D eigenvalue weighted by molar-refractivity contribution is 0.231. The minimum Gasteiger partial charge on any atom is -0.369 e. The first kappa shape index (κ1) is 15.3. The van der Waals surface area contributed by atoms with Crippen LogP contribution in [0.15, 0.2) is 22.7 Å². The third-order valence-electron chi connectivity index (χ3n) is 3.52. The quantitative estimate of drug-likeness (QED) is 0.714. The van der Waals surface area contributed by atoms with Gasteiger partial charge in [-0.25, -0.2) is 0 Å². The number of nitrogens with zero attached hydrogens (tertiary/aromatic N) is 2. The van der Waals surface area contributed by atoms with Crippen LogP contribution in [-0.2, 0) is 5.33 Å². The monoisotopic (exact) mass is 388 g/mol. The molecule has 1 aromatic carbocycles. The average molecular weight is 390 g/mol. The van der Waals surface area contributed by atoms with Crippen LogP contribution in [0.1, 0.15) is 19.4 Å². The van der Waals surface area contributed by atoms with Crippen molar-refractivity contribution in [3.63, 3.8) is 0 Å². The molecule has 1 fully saturated rings. The molecule has 0 N–H and O–H groups in total. The van der Waals surface area contributed by atoms with E-state index in [1.165, 1.54) is 30.9 Å². The van der Waals surface area contributed by atoms with E-state index in [-0.39, 0.29) is 0 Å². The molecule has 1 aromatic rings. The van der Waals surface area contributed by atoms with E-state index in [1.54, 1.807) is 0 Å². The second-order valence-corrected chi connectivity index (χ2v) is 7.06. The molecule has 2 nitrogen and oxygen atoms in total. The molecule has 1 aliphatic heterocycles. The first-order valence-corrected chi connectivity index (χ1v) is 8.83. The zero-order valence-electron chi connectivity index (χ0n) is 11.7. The standard InChI is InChI=1S/C15H22Br2N2/c1-12(2)11-18-5-7-19(8-6-18)15-4-3-14(17)9-13(15)10-16/h3-4,9,12H,5-8,10-11H2,1-2H3. The Balaban J connectivity index is 2.01. The second kappa shape index (κ2) is 7.09. The van der Waals surface area contributed by atoms with Gasteiger partial charge in [0.2, 0.25) is 0 Å². The van der Waals surface area contributed by atoms with Crippen molar-refractivity contribution in [3.05, 3.63) is 28.2 Å². The van der Waals surface area contributed by atoms with Crippen molar-refractivity contribution < 1.29 is 0 Å². The molecule has 1 aliphatic rings. The van der Waals surface area contributed by atoms with Crippen LogP contribution in [0.25, 0.3) is 0 Å². The molecular weight excluding hydrogens is 368 g/mol. The number of piperazine rings is 1. The van der Waals surface area contributed by atoms with Crippen LogP contribution in [0.5, 0.6) is 0 Å². The fourth-order valence-corrected chi connectivity index (χ4v) is 3.51. The van der Waals surface area contributed by atoms with E-state index in [2.05, 4.69) is 73.7 Å². The van der Waals surface area contributed by atoms with Gasteiger partial charge in [0.05, 0.1) is 0 Å². The van der Waals surface area contributed by atoms with Gasteiger partial charge in [0.1, 0.15) is 0 Å². The van der Waals surface area contributed by atoms with Crippen molar-refractivity contribution in [2.45, 2.75) is 19.2 Å². The Bertz CT molecular complexity index is 413. The molecular formula is C15H22Br2N2. The topological polar surface area (TPSA) is 6.48 Å². The summed E-state index contributed by atoms with van der Waals surface area (Å²) in [5.74, 6) is 0.761. The van der Waals surface area contributed by atoms with Crippen LogP contribution in [0, 0.1) is 5.92 Å². The highest BCUT2D eigenvalue weighted by molar-refractivity contribution is 9.10. The van der Waals surface area contributed by atoms with Gasteiger partial charge in [-0.3, -0.25) is 4.90 Å². The number of anilines is 1. The molecule has 0 saturated carbocycles. The highest BCUT2D eigenvalue weighted by Gasteiger charge is 2.19. The van der Waals surface area contributed by atoms with E-state index >= 15 is 0 Å². The SMILES string of the molecule is CC(C)CN1CCN(c2ccc(Br)cc2CBr)CC1. The highest BCUT2D eigenvalue weighted by atomic mass is 79.9. The fourth-order valence-electron chi connectivity index (χ4n) is 2.66. The Kier molecular flexibility index (Phi) is 5.72. The molecule has 1 heterocycles. The van der Waals surface area contributed by atoms with Crippen LogP contribution >= 0.6 is 31.9 Å². The van der Waals surface area contributed by atoms with Gasteiger partial charge >= 0.3 is 0 Å². The lowest BCUT2D eigenvalue weighted by atomic mass is 10.1. The smallest absolute Gasteiger partial charge is 0.0409 e. The van der Waals surface area contributed by atoms with Crippen LogP contribution in [-0.4, -0.2) is 37.6 Å². The summed E-state index contributed by atoms with van der Waals surface area (Å²) >= 11 is 7.15. The average Bonchev–Trinajstić information content (AvgIpc) is 2.39. The fraction of sp³-hybridized carbons (Fsp3) is 0.600. The Morgan fingerprint density at radius 3 is 2.42 bits per heavy atom. The maximum absolute atomic E-state index is 3.60. The number of halogens is 2. The zero-order valence-corrected chi connectivity index (χ0v) is 14.9. The van der Waals surface area contributed by atoms with E-state index < -0.39 is 0 Å². The van der Waals surface area contributed by atoms with E-state index in [0.29, 0.717) is 0 Å². The molecule has 4 heteroatoms. The molecule has 0 bridgehead atoms. The molecule has 2 rings (SSSR count). The lowest BCUT2D eigenvalue weighted by Crippen LogP contribution is -2.47. The minimum absolute atomic E-state index is 0.761. The van der Waals surface area contributed by atoms with Gasteiger partial charge in [-0.1, -0.05) is 45.7 Å². The Labute approximate surface area is 133 Å². The van der Waals surface area contributed by atoms with Gasteiger partial charge in [0.15, 0.2) is 0 Å². The number of benzene rings is 1. The predicted molar refractivity (Wildman–Crippen MR) is 90.3 cm³/mol. The van der Waals surface area contributed by atoms with Crippen molar-refractivity contribution in [2.24, 2.45) is 5.92 Å². The minimum atomic E-state index is 0.761. The van der Waals surface area contributed by atoms with E-state index in [9.17, 15) is 0 Å². The molecule has 0 atom stereocenters. The molecule has 0 aliphatic carbocycles. The first-order chi connectivity index (χ1) is 9.10. The van der Waals surface area contributed by atoms with Crippen LogP contribution in [0.3, 0.4) is 0 Å². The van der Waals surface area contributed by atoms with Crippen molar-refractivity contribution in [2.75, 3.05) is 37.6 Å². The third kappa shape index (κ3) is 4.20. The molecule has 0 aromatic heterocycles. The van der Waals surface area contributed by atoms with Crippen molar-refractivity contribution in [1.82, 2.24) is 4.90 Å².